The number of aryl methyl sites for hydroxylation is 1. The molecule has 4 nitrogen and oxygen atoms in total. The molecule has 2 rings (SSSR count). The first-order valence-electron chi connectivity index (χ1n) is 9.32. The first-order chi connectivity index (χ1) is 13.8. The summed E-state index contributed by atoms with van der Waals surface area (Å²) in [6.07, 6.45) is -2.37. The van der Waals surface area contributed by atoms with Crippen LogP contribution >= 0.6 is 0 Å². The van der Waals surface area contributed by atoms with Crippen molar-refractivity contribution in [2.75, 3.05) is 13.7 Å². The van der Waals surface area contributed by atoms with Crippen molar-refractivity contribution in [1.29, 1.82) is 0 Å². The maximum Gasteiger partial charge on any atom is 0.416 e. The Morgan fingerprint density at radius 1 is 1.07 bits per heavy atom. The van der Waals surface area contributed by atoms with Gasteiger partial charge in [0.05, 0.1) is 11.7 Å². The highest BCUT2D eigenvalue weighted by Gasteiger charge is 2.29. The van der Waals surface area contributed by atoms with E-state index in [0.29, 0.717) is 25.2 Å². The molecule has 158 valence electrons. The molecule has 1 atom stereocenters. The minimum absolute atomic E-state index is 0.136. The highest BCUT2D eigenvalue weighted by atomic mass is 19.4. The number of halogens is 3. The molecule has 0 aromatic heterocycles. The lowest BCUT2D eigenvalue weighted by Crippen LogP contribution is -2.21. The Hall–Kier alpha value is -2.54. The lowest BCUT2D eigenvalue weighted by atomic mass is 10.0. The molecule has 2 aromatic carbocycles. The van der Waals surface area contributed by atoms with Crippen LogP contribution in [0.25, 0.3) is 0 Å². The molecule has 0 aliphatic rings. The van der Waals surface area contributed by atoms with Crippen molar-refractivity contribution in [2.45, 2.75) is 45.1 Å². The van der Waals surface area contributed by atoms with Gasteiger partial charge in [-0.1, -0.05) is 30.3 Å². The van der Waals surface area contributed by atoms with E-state index in [1.165, 1.54) is 19.1 Å². The van der Waals surface area contributed by atoms with Gasteiger partial charge in [-0.25, -0.2) is 0 Å². The molecule has 29 heavy (non-hydrogen) atoms. The summed E-state index contributed by atoms with van der Waals surface area (Å²) in [6.45, 7) is 1.80. The number of esters is 1. The molecule has 0 amide bonds. The smallest absolute Gasteiger partial charge is 0.416 e. The topological polar surface area (TPSA) is 44.8 Å². The zero-order valence-corrected chi connectivity index (χ0v) is 16.5. The minimum atomic E-state index is -4.32. The van der Waals surface area contributed by atoms with Crippen molar-refractivity contribution >= 4 is 5.97 Å². The fourth-order valence-electron chi connectivity index (χ4n) is 2.79. The van der Waals surface area contributed by atoms with Crippen LogP contribution in [-0.2, 0) is 33.5 Å². The number of hydrogen-bond donors (Lipinski definition) is 0. The minimum Gasteiger partial charge on any atom is -0.490 e. The van der Waals surface area contributed by atoms with Gasteiger partial charge in [-0.05, 0) is 43.0 Å². The van der Waals surface area contributed by atoms with Gasteiger partial charge in [0.2, 0.25) is 0 Å². The summed E-state index contributed by atoms with van der Waals surface area (Å²) in [5.41, 5.74) is 0.972. The van der Waals surface area contributed by atoms with Gasteiger partial charge in [-0.15, -0.1) is 0 Å². The van der Waals surface area contributed by atoms with E-state index in [1.54, 1.807) is 13.2 Å². The number of methoxy groups -OCH3 is 1. The van der Waals surface area contributed by atoms with Gasteiger partial charge in [0.15, 0.2) is 0 Å². The Kier molecular flexibility index (Phi) is 8.51. The molecule has 0 saturated heterocycles. The molecular formula is C22H25F3O4. The largest absolute Gasteiger partial charge is 0.490 e. The Labute approximate surface area is 168 Å². The maximum atomic E-state index is 12.6. The molecule has 0 saturated carbocycles. The molecule has 0 spiro atoms. The summed E-state index contributed by atoms with van der Waals surface area (Å²) < 4.78 is 54.1. The van der Waals surface area contributed by atoms with Crippen LogP contribution in [0.15, 0.2) is 48.5 Å². The zero-order chi connectivity index (χ0) is 21.3. The van der Waals surface area contributed by atoms with Crippen molar-refractivity contribution in [3.8, 4) is 5.75 Å². The maximum absolute atomic E-state index is 12.6. The summed E-state index contributed by atoms with van der Waals surface area (Å²) >= 11 is 0. The standard InChI is InChI=1S/C22H25F3O4/c1-16(26)28-14-18-7-3-4-9-21(18)29-15-20(27-2)8-5-6-17-10-12-19(13-11-17)22(23,24)25/h3-4,7,9-13,20H,5-6,8,14-15H2,1-2H3. The average molecular weight is 410 g/mol. The second-order valence-corrected chi connectivity index (χ2v) is 6.64. The van der Waals surface area contributed by atoms with Gasteiger partial charge in [-0.2, -0.15) is 13.2 Å². The number of alkyl halides is 3. The Morgan fingerprint density at radius 3 is 2.38 bits per heavy atom. The van der Waals surface area contributed by atoms with E-state index in [-0.39, 0.29) is 18.7 Å². The SMILES string of the molecule is COC(CCCc1ccc(C(F)(F)F)cc1)COc1ccccc1COC(C)=O. The van der Waals surface area contributed by atoms with Crippen LogP contribution in [0.2, 0.25) is 0 Å². The van der Waals surface area contributed by atoms with E-state index < -0.39 is 11.7 Å². The lowest BCUT2D eigenvalue weighted by molar-refractivity contribution is -0.142. The predicted octanol–water partition coefficient (Wildman–Crippen LogP) is 5.19. The van der Waals surface area contributed by atoms with Crippen molar-refractivity contribution in [2.24, 2.45) is 0 Å². The van der Waals surface area contributed by atoms with E-state index >= 15 is 0 Å². The Balaban J connectivity index is 1.82. The summed E-state index contributed by atoms with van der Waals surface area (Å²) in [7, 11) is 1.59. The van der Waals surface area contributed by atoms with Crippen LogP contribution in [0.5, 0.6) is 5.75 Å². The number of rotatable bonds is 10. The van der Waals surface area contributed by atoms with Gasteiger partial charge < -0.3 is 14.2 Å². The molecule has 0 fully saturated rings. The number of para-hydroxylation sites is 1. The third kappa shape index (κ3) is 7.77. The number of carbonyl (C=O) groups is 1. The van der Waals surface area contributed by atoms with E-state index in [9.17, 15) is 18.0 Å². The highest BCUT2D eigenvalue weighted by molar-refractivity contribution is 5.66. The molecule has 1 unspecified atom stereocenters. The summed E-state index contributed by atoms with van der Waals surface area (Å²) in [6, 6.07) is 12.5. The second kappa shape index (κ2) is 10.9. The van der Waals surface area contributed by atoms with E-state index in [4.69, 9.17) is 14.2 Å². The van der Waals surface area contributed by atoms with Crippen molar-refractivity contribution < 1.29 is 32.2 Å². The third-order valence-electron chi connectivity index (χ3n) is 4.43. The normalized spacial score (nSPS) is 12.4. The molecule has 0 aliphatic heterocycles. The predicted molar refractivity (Wildman–Crippen MR) is 103 cm³/mol. The van der Waals surface area contributed by atoms with Gasteiger partial charge >= 0.3 is 12.1 Å². The summed E-state index contributed by atoms with van der Waals surface area (Å²) in [5, 5.41) is 0. The summed E-state index contributed by atoms with van der Waals surface area (Å²) in [4.78, 5) is 11.0. The van der Waals surface area contributed by atoms with Crippen LogP contribution in [0, 0.1) is 0 Å². The number of benzene rings is 2. The molecular weight excluding hydrogens is 385 g/mol. The first-order valence-corrected chi connectivity index (χ1v) is 9.32. The highest BCUT2D eigenvalue weighted by Crippen LogP contribution is 2.29. The first kappa shape index (κ1) is 22.7. The van der Waals surface area contributed by atoms with Crippen molar-refractivity contribution in [3.05, 3.63) is 65.2 Å². The number of carbonyl (C=O) groups excluding carboxylic acids is 1. The zero-order valence-electron chi connectivity index (χ0n) is 16.5. The molecule has 0 N–H and O–H groups in total. The van der Waals surface area contributed by atoms with Crippen LogP contribution in [-0.4, -0.2) is 25.8 Å². The van der Waals surface area contributed by atoms with Crippen LogP contribution in [0.1, 0.15) is 36.5 Å². The molecule has 0 bridgehead atoms. The molecule has 0 radical (unpaired) electrons. The second-order valence-electron chi connectivity index (χ2n) is 6.64. The van der Waals surface area contributed by atoms with Gasteiger partial charge in [0, 0.05) is 19.6 Å². The Bertz CT molecular complexity index is 772. The van der Waals surface area contributed by atoms with Gasteiger partial charge in [0.25, 0.3) is 0 Å². The molecule has 0 aliphatic carbocycles. The number of ether oxygens (including phenoxy) is 3. The van der Waals surface area contributed by atoms with Gasteiger partial charge in [0.1, 0.15) is 19.0 Å². The quantitative estimate of drug-likeness (QED) is 0.506. The number of hydrogen-bond acceptors (Lipinski definition) is 4. The molecule has 0 heterocycles. The Morgan fingerprint density at radius 2 is 1.76 bits per heavy atom. The average Bonchev–Trinajstić information content (AvgIpc) is 2.69. The van der Waals surface area contributed by atoms with Crippen molar-refractivity contribution in [3.63, 3.8) is 0 Å². The molecule has 2 aromatic rings. The van der Waals surface area contributed by atoms with E-state index in [2.05, 4.69) is 0 Å². The van der Waals surface area contributed by atoms with E-state index in [1.807, 2.05) is 18.2 Å². The van der Waals surface area contributed by atoms with Crippen molar-refractivity contribution in [1.82, 2.24) is 0 Å². The van der Waals surface area contributed by atoms with E-state index in [0.717, 1.165) is 29.7 Å². The van der Waals surface area contributed by atoms with Gasteiger partial charge in [-0.3, -0.25) is 4.79 Å². The molecule has 7 heteroatoms. The monoisotopic (exact) mass is 410 g/mol. The fraction of sp³-hybridized carbons (Fsp3) is 0.409. The lowest BCUT2D eigenvalue weighted by Gasteiger charge is -2.18. The fourth-order valence-corrected chi connectivity index (χ4v) is 2.79. The van der Waals surface area contributed by atoms with Crippen LogP contribution < -0.4 is 4.74 Å². The van der Waals surface area contributed by atoms with Crippen LogP contribution in [0.3, 0.4) is 0 Å². The summed E-state index contributed by atoms with van der Waals surface area (Å²) in [5.74, 6) is 0.261. The third-order valence-corrected chi connectivity index (χ3v) is 4.43. The van der Waals surface area contributed by atoms with Crippen LogP contribution in [0.4, 0.5) is 13.2 Å².